The summed E-state index contributed by atoms with van der Waals surface area (Å²) in [6.45, 7) is 3.88. The molecule has 2 aromatic heterocycles. The van der Waals surface area contributed by atoms with Gasteiger partial charge in [0.1, 0.15) is 11.5 Å². The molecule has 0 fully saturated rings. The first kappa shape index (κ1) is 18.8. The average molecular weight is 373 g/mol. The zero-order valence-electron chi connectivity index (χ0n) is 15.5. The van der Waals surface area contributed by atoms with Gasteiger partial charge in [-0.05, 0) is 44.4 Å². The van der Waals surface area contributed by atoms with Crippen molar-refractivity contribution in [3.63, 3.8) is 0 Å². The Balaban J connectivity index is 1.69. The number of hydrogen-bond donors (Lipinski definition) is 1. The molecule has 1 N–H and O–H groups in total. The van der Waals surface area contributed by atoms with Crippen LogP contribution < -0.4 is 5.32 Å². The van der Waals surface area contributed by atoms with Crippen molar-refractivity contribution in [2.75, 3.05) is 6.54 Å². The van der Waals surface area contributed by atoms with Crippen LogP contribution in [-0.2, 0) is 13.5 Å². The number of carbonyl (C=O) groups is 1. The normalized spacial score (nSPS) is 11.0. The minimum atomic E-state index is -0.732. The van der Waals surface area contributed by atoms with Crippen LogP contribution in [0.25, 0.3) is 5.69 Å². The number of rotatable bonds is 6. The van der Waals surface area contributed by atoms with E-state index in [1.807, 2.05) is 13.2 Å². The van der Waals surface area contributed by atoms with Gasteiger partial charge in [0.15, 0.2) is 5.82 Å². The third-order valence-electron chi connectivity index (χ3n) is 4.34. The smallest absolute Gasteiger partial charge is 0.255 e. The number of nitrogens with zero attached hydrogens (tertiary/aromatic N) is 4. The predicted molar refractivity (Wildman–Crippen MR) is 96.8 cm³/mol. The zero-order valence-corrected chi connectivity index (χ0v) is 15.5. The quantitative estimate of drug-likeness (QED) is 0.676. The first-order valence-electron chi connectivity index (χ1n) is 8.64. The molecule has 6 nitrogen and oxygen atoms in total. The van der Waals surface area contributed by atoms with E-state index in [4.69, 9.17) is 0 Å². The Morgan fingerprint density at radius 3 is 2.70 bits per heavy atom. The number of benzene rings is 1. The Bertz CT molecular complexity index is 977. The Morgan fingerprint density at radius 1 is 1.26 bits per heavy atom. The molecule has 0 aliphatic rings. The summed E-state index contributed by atoms with van der Waals surface area (Å²) in [6.07, 6.45) is 5.33. The van der Waals surface area contributed by atoms with E-state index in [9.17, 15) is 13.6 Å². The van der Waals surface area contributed by atoms with Crippen molar-refractivity contribution < 1.29 is 13.6 Å². The van der Waals surface area contributed by atoms with Gasteiger partial charge in [0.05, 0.1) is 23.1 Å². The molecule has 0 saturated heterocycles. The number of hydrogen-bond acceptors (Lipinski definition) is 3. The van der Waals surface area contributed by atoms with Gasteiger partial charge >= 0.3 is 0 Å². The standard InChI is InChI=1S/C19H21F2N5O/c1-12-18(19(27)22-8-4-5-14-10-23-25(3)11-14)13(2)26(24-12)17-7-6-15(20)9-16(17)21/h6-7,9-11H,4-5,8H2,1-3H3,(H,22,27). The monoisotopic (exact) mass is 373 g/mol. The minimum Gasteiger partial charge on any atom is -0.352 e. The predicted octanol–water partition coefficient (Wildman–Crippen LogP) is 2.86. The topological polar surface area (TPSA) is 64.7 Å². The summed E-state index contributed by atoms with van der Waals surface area (Å²) in [4.78, 5) is 12.6. The van der Waals surface area contributed by atoms with Gasteiger partial charge in [-0.3, -0.25) is 9.48 Å². The van der Waals surface area contributed by atoms with Crippen molar-refractivity contribution in [2.45, 2.75) is 26.7 Å². The number of aromatic nitrogens is 4. The van der Waals surface area contributed by atoms with Crippen molar-refractivity contribution in [1.82, 2.24) is 24.9 Å². The van der Waals surface area contributed by atoms with E-state index in [0.717, 1.165) is 30.5 Å². The second-order valence-corrected chi connectivity index (χ2v) is 6.44. The van der Waals surface area contributed by atoms with Crippen molar-refractivity contribution in [3.8, 4) is 5.69 Å². The zero-order chi connectivity index (χ0) is 19.6. The highest BCUT2D eigenvalue weighted by molar-refractivity contribution is 5.96. The molecular formula is C19H21F2N5O. The third kappa shape index (κ3) is 4.05. The highest BCUT2D eigenvalue weighted by Crippen LogP contribution is 2.20. The van der Waals surface area contributed by atoms with Crippen LogP contribution in [0.4, 0.5) is 8.78 Å². The summed E-state index contributed by atoms with van der Waals surface area (Å²) in [5.41, 5.74) is 2.61. The lowest BCUT2D eigenvalue weighted by atomic mass is 10.1. The molecule has 142 valence electrons. The molecule has 8 heteroatoms. The average Bonchev–Trinajstić information content (AvgIpc) is 3.14. The van der Waals surface area contributed by atoms with Crippen LogP contribution in [0.2, 0.25) is 0 Å². The maximum Gasteiger partial charge on any atom is 0.255 e. The Hall–Kier alpha value is -3.03. The molecule has 3 rings (SSSR count). The van der Waals surface area contributed by atoms with Crippen LogP contribution >= 0.6 is 0 Å². The van der Waals surface area contributed by atoms with Gasteiger partial charge in [0.2, 0.25) is 0 Å². The molecule has 3 aromatic rings. The molecule has 0 radical (unpaired) electrons. The second kappa shape index (κ2) is 7.69. The molecule has 0 aliphatic heterocycles. The maximum absolute atomic E-state index is 14.1. The number of halogens is 2. The number of amides is 1. The minimum absolute atomic E-state index is 0.104. The first-order valence-corrected chi connectivity index (χ1v) is 8.64. The van der Waals surface area contributed by atoms with E-state index in [-0.39, 0.29) is 11.6 Å². The molecule has 0 spiro atoms. The third-order valence-corrected chi connectivity index (χ3v) is 4.34. The van der Waals surface area contributed by atoms with E-state index in [1.54, 1.807) is 24.7 Å². The summed E-state index contributed by atoms with van der Waals surface area (Å²) in [5.74, 6) is -1.65. The van der Waals surface area contributed by atoms with Gasteiger partial charge in [-0.25, -0.2) is 13.5 Å². The van der Waals surface area contributed by atoms with E-state index >= 15 is 0 Å². The highest BCUT2D eigenvalue weighted by atomic mass is 19.1. The van der Waals surface area contributed by atoms with Gasteiger partial charge in [0, 0.05) is 25.9 Å². The SMILES string of the molecule is Cc1nn(-c2ccc(F)cc2F)c(C)c1C(=O)NCCCc1cnn(C)c1. The number of aryl methyl sites for hydroxylation is 3. The molecule has 0 atom stereocenters. The summed E-state index contributed by atoms with van der Waals surface area (Å²) in [5, 5.41) is 11.2. The lowest BCUT2D eigenvalue weighted by Crippen LogP contribution is -2.26. The van der Waals surface area contributed by atoms with Crippen molar-refractivity contribution in [3.05, 3.63) is 64.7 Å². The van der Waals surface area contributed by atoms with E-state index in [2.05, 4.69) is 15.5 Å². The molecule has 27 heavy (non-hydrogen) atoms. The fourth-order valence-electron chi connectivity index (χ4n) is 3.04. The molecule has 0 bridgehead atoms. The molecule has 0 aliphatic carbocycles. The largest absolute Gasteiger partial charge is 0.352 e. The maximum atomic E-state index is 14.1. The van der Waals surface area contributed by atoms with Gasteiger partial charge < -0.3 is 5.32 Å². The Morgan fingerprint density at radius 2 is 2.04 bits per heavy atom. The van der Waals surface area contributed by atoms with Crippen LogP contribution in [-0.4, -0.2) is 32.0 Å². The second-order valence-electron chi connectivity index (χ2n) is 6.44. The van der Waals surface area contributed by atoms with Crippen LogP contribution in [0.3, 0.4) is 0 Å². The lowest BCUT2D eigenvalue weighted by molar-refractivity contribution is 0.0952. The highest BCUT2D eigenvalue weighted by Gasteiger charge is 2.20. The van der Waals surface area contributed by atoms with Crippen LogP contribution in [0.5, 0.6) is 0 Å². The summed E-state index contributed by atoms with van der Waals surface area (Å²) >= 11 is 0. The van der Waals surface area contributed by atoms with Crippen molar-refractivity contribution in [1.29, 1.82) is 0 Å². The molecule has 1 aromatic carbocycles. The summed E-state index contributed by atoms with van der Waals surface area (Å²) in [7, 11) is 1.86. The fraction of sp³-hybridized carbons (Fsp3) is 0.316. The molecule has 0 unspecified atom stereocenters. The Kier molecular flexibility index (Phi) is 5.34. The van der Waals surface area contributed by atoms with Crippen LogP contribution in [0.1, 0.15) is 33.7 Å². The van der Waals surface area contributed by atoms with E-state index in [0.29, 0.717) is 23.5 Å². The lowest BCUT2D eigenvalue weighted by Gasteiger charge is -2.07. The van der Waals surface area contributed by atoms with Crippen molar-refractivity contribution >= 4 is 5.91 Å². The number of nitrogens with one attached hydrogen (secondary N) is 1. The van der Waals surface area contributed by atoms with Gasteiger partial charge in [-0.1, -0.05) is 0 Å². The van der Waals surface area contributed by atoms with E-state index in [1.165, 1.54) is 10.7 Å². The number of carbonyl (C=O) groups excluding carboxylic acids is 1. The first-order chi connectivity index (χ1) is 12.9. The van der Waals surface area contributed by atoms with Gasteiger partial charge in [-0.15, -0.1) is 0 Å². The molecule has 0 saturated carbocycles. The van der Waals surface area contributed by atoms with Crippen molar-refractivity contribution in [2.24, 2.45) is 7.05 Å². The van der Waals surface area contributed by atoms with Crippen LogP contribution in [0.15, 0.2) is 30.6 Å². The van der Waals surface area contributed by atoms with E-state index < -0.39 is 11.6 Å². The molecular weight excluding hydrogens is 352 g/mol. The Labute approximate surface area is 155 Å². The van der Waals surface area contributed by atoms with Gasteiger partial charge in [0.25, 0.3) is 5.91 Å². The van der Waals surface area contributed by atoms with Gasteiger partial charge in [-0.2, -0.15) is 10.2 Å². The molecule has 1 amide bonds. The molecule has 2 heterocycles. The summed E-state index contributed by atoms with van der Waals surface area (Å²) in [6, 6.07) is 3.26. The van der Waals surface area contributed by atoms with Crippen LogP contribution in [0, 0.1) is 25.5 Å². The summed E-state index contributed by atoms with van der Waals surface area (Å²) < 4.78 is 30.3. The fourth-order valence-corrected chi connectivity index (χ4v) is 3.04.